The molecule has 0 radical (unpaired) electrons. The summed E-state index contributed by atoms with van der Waals surface area (Å²) in [4.78, 5) is 7.98. The molecule has 7 heteroatoms. The summed E-state index contributed by atoms with van der Waals surface area (Å²) < 4.78 is 36.9. The number of aromatic nitrogens is 2. The molecule has 0 aliphatic rings. The monoisotopic (exact) mass is 365 g/mol. The first-order valence-corrected chi connectivity index (χ1v) is 8.56. The van der Waals surface area contributed by atoms with Gasteiger partial charge in [-0.2, -0.15) is 0 Å². The first-order valence-electron chi connectivity index (χ1n) is 8.56. The molecule has 2 aromatic heterocycles. The van der Waals surface area contributed by atoms with Crippen LogP contribution in [-0.4, -0.2) is 30.2 Å². The van der Waals surface area contributed by atoms with E-state index in [2.05, 4.69) is 23.8 Å². The van der Waals surface area contributed by atoms with E-state index in [1.165, 1.54) is 19.4 Å². The van der Waals surface area contributed by atoms with Crippen molar-refractivity contribution in [1.82, 2.24) is 9.97 Å². The molecule has 0 aliphatic carbocycles. The lowest BCUT2D eigenvalue weighted by Gasteiger charge is -2.18. The summed E-state index contributed by atoms with van der Waals surface area (Å²) in [5.41, 5.74) is 6.43. The van der Waals surface area contributed by atoms with E-state index in [1.807, 2.05) is 0 Å². The second-order valence-corrected chi connectivity index (χ2v) is 6.48. The van der Waals surface area contributed by atoms with E-state index < -0.39 is 6.43 Å². The van der Waals surface area contributed by atoms with Gasteiger partial charge in [-0.25, -0.2) is 8.78 Å². The van der Waals surface area contributed by atoms with Gasteiger partial charge in [0.2, 0.25) is 0 Å². The molecule has 2 aromatic rings. The molecule has 0 amide bonds. The van der Waals surface area contributed by atoms with Crippen molar-refractivity contribution >= 4 is 0 Å². The summed E-state index contributed by atoms with van der Waals surface area (Å²) in [7, 11) is 1.53. The van der Waals surface area contributed by atoms with Crippen LogP contribution in [0.2, 0.25) is 0 Å². The Kier molecular flexibility index (Phi) is 7.26. The molecule has 2 rings (SSSR count). The maximum atomic E-state index is 12.8. The Balaban J connectivity index is 2.13. The van der Waals surface area contributed by atoms with Crippen molar-refractivity contribution in [2.75, 3.05) is 20.3 Å². The molecule has 0 saturated carbocycles. The smallest absolute Gasteiger partial charge is 0.280 e. The Morgan fingerprint density at radius 3 is 2.54 bits per heavy atom. The van der Waals surface area contributed by atoms with Gasteiger partial charge in [0.15, 0.2) is 11.5 Å². The van der Waals surface area contributed by atoms with E-state index in [4.69, 9.17) is 15.2 Å². The van der Waals surface area contributed by atoms with Crippen LogP contribution in [0.4, 0.5) is 8.78 Å². The Hall–Kier alpha value is -2.28. The van der Waals surface area contributed by atoms with Crippen molar-refractivity contribution in [3.63, 3.8) is 0 Å². The minimum atomic E-state index is -2.63. The average molecular weight is 365 g/mol. The van der Waals surface area contributed by atoms with Gasteiger partial charge in [0.1, 0.15) is 5.69 Å². The second kappa shape index (κ2) is 9.43. The molecule has 0 aliphatic heterocycles. The maximum Gasteiger partial charge on any atom is 0.280 e. The first-order chi connectivity index (χ1) is 12.4. The largest absolute Gasteiger partial charge is 0.493 e. The Morgan fingerprint density at radius 1 is 1.12 bits per heavy atom. The van der Waals surface area contributed by atoms with Crippen LogP contribution in [0.1, 0.15) is 32.4 Å². The predicted octanol–water partition coefficient (Wildman–Crippen LogP) is 4.09. The van der Waals surface area contributed by atoms with E-state index in [0.717, 1.165) is 6.42 Å². The third-order valence-electron chi connectivity index (χ3n) is 4.08. The van der Waals surface area contributed by atoms with Gasteiger partial charge in [-0.15, -0.1) is 0 Å². The number of nitrogens with zero attached hydrogens (tertiary/aromatic N) is 2. The molecule has 0 saturated heterocycles. The zero-order valence-corrected chi connectivity index (χ0v) is 15.3. The van der Waals surface area contributed by atoms with Crippen LogP contribution in [0.15, 0.2) is 30.6 Å². The molecule has 2 N–H and O–H groups in total. The lowest BCUT2D eigenvalue weighted by atomic mass is 9.98. The van der Waals surface area contributed by atoms with E-state index in [9.17, 15) is 8.78 Å². The number of nitrogens with two attached hydrogens (primary N) is 1. The zero-order valence-electron chi connectivity index (χ0n) is 15.3. The fraction of sp³-hybridized carbons (Fsp3) is 0.474. The molecule has 2 unspecified atom stereocenters. The standard InChI is InChI=1S/C19H25F2N3O2/c1-12(9-22)6-13(2)11-26-18-10-24-15(8-17(18)25-3)14-4-5-23-16(7-14)19(20)21/h4-5,7-8,10,12-13,19H,6,9,11,22H2,1-3H3. The Bertz CT molecular complexity index is 713. The maximum absolute atomic E-state index is 12.8. The fourth-order valence-electron chi connectivity index (χ4n) is 2.66. The summed E-state index contributed by atoms with van der Waals surface area (Å²) in [5.74, 6) is 1.80. The third-order valence-corrected chi connectivity index (χ3v) is 4.08. The minimum Gasteiger partial charge on any atom is -0.493 e. The lowest BCUT2D eigenvalue weighted by molar-refractivity contribution is 0.146. The van der Waals surface area contributed by atoms with Crippen LogP contribution in [0.25, 0.3) is 11.3 Å². The SMILES string of the molecule is COc1cc(-c2ccnc(C(F)F)c2)ncc1OCC(C)CC(C)CN. The highest BCUT2D eigenvalue weighted by molar-refractivity contribution is 5.62. The van der Waals surface area contributed by atoms with Crippen molar-refractivity contribution in [1.29, 1.82) is 0 Å². The van der Waals surface area contributed by atoms with Crippen LogP contribution in [0.3, 0.4) is 0 Å². The number of pyridine rings is 2. The van der Waals surface area contributed by atoms with Gasteiger partial charge in [0.25, 0.3) is 6.43 Å². The molecule has 0 spiro atoms. The predicted molar refractivity (Wildman–Crippen MR) is 96.5 cm³/mol. The van der Waals surface area contributed by atoms with Gasteiger partial charge >= 0.3 is 0 Å². The van der Waals surface area contributed by atoms with Crippen LogP contribution >= 0.6 is 0 Å². The summed E-state index contributed by atoms with van der Waals surface area (Å²) in [5, 5.41) is 0. The zero-order chi connectivity index (χ0) is 19.1. The number of methoxy groups -OCH3 is 1. The van der Waals surface area contributed by atoms with E-state index >= 15 is 0 Å². The third kappa shape index (κ3) is 5.36. The Morgan fingerprint density at radius 2 is 1.88 bits per heavy atom. The highest BCUT2D eigenvalue weighted by atomic mass is 19.3. The van der Waals surface area contributed by atoms with Gasteiger partial charge in [-0.05, 0) is 36.9 Å². The molecule has 2 heterocycles. The van der Waals surface area contributed by atoms with Crippen molar-refractivity contribution in [3.05, 3.63) is 36.3 Å². The van der Waals surface area contributed by atoms with Crippen LogP contribution in [0.5, 0.6) is 11.5 Å². The molecular weight excluding hydrogens is 340 g/mol. The number of rotatable bonds is 9. The van der Waals surface area contributed by atoms with Crippen LogP contribution in [-0.2, 0) is 0 Å². The van der Waals surface area contributed by atoms with E-state index in [-0.39, 0.29) is 5.69 Å². The summed E-state index contributed by atoms with van der Waals surface area (Å²) in [6, 6.07) is 4.63. The van der Waals surface area contributed by atoms with Gasteiger partial charge in [0, 0.05) is 17.8 Å². The molecular formula is C19H25F2N3O2. The van der Waals surface area contributed by atoms with Gasteiger partial charge in [-0.1, -0.05) is 13.8 Å². The Labute approximate surface area is 152 Å². The van der Waals surface area contributed by atoms with Crippen LogP contribution in [0, 0.1) is 11.8 Å². The minimum absolute atomic E-state index is 0.286. The van der Waals surface area contributed by atoms with Gasteiger partial charge in [-0.3, -0.25) is 9.97 Å². The number of alkyl halides is 2. The van der Waals surface area contributed by atoms with Crippen molar-refractivity contribution in [2.24, 2.45) is 17.6 Å². The molecule has 0 aromatic carbocycles. The van der Waals surface area contributed by atoms with Crippen molar-refractivity contribution in [2.45, 2.75) is 26.7 Å². The summed E-state index contributed by atoms with van der Waals surface area (Å²) >= 11 is 0. The highest BCUT2D eigenvalue weighted by Gasteiger charge is 2.14. The number of hydrogen-bond acceptors (Lipinski definition) is 5. The molecule has 5 nitrogen and oxygen atoms in total. The van der Waals surface area contributed by atoms with Crippen molar-refractivity contribution < 1.29 is 18.3 Å². The average Bonchev–Trinajstić information content (AvgIpc) is 2.66. The highest BCUT2D eigenvalue weighted by Crippen LogP contribution is 2.32. The summed E-state index contributed by atoms with van der Waals surface area (Å²) in [6.07, 6.45) is 1.24. The fourth-order valence-corrected chi connectivity index (χ4v) is 2.66. The summed E-state index contributed by atoms with van der Waals surface area (Å²) in [6.45, 7) is 5.38. The van der Waals surface area contributed by atoms with Gasteiger partial charge in [0.05, 0.1) is 25.6 Å². The topological polar surface area (TPSA) is 70.3 Å². The lowest BCUT2D eigenvalue weighted by Crippen LogP contribution is -2.17. The van der Waals surface area contributed by atoms with Crippen LogP contribution < -0.4 is 15.2 Å². The van der Waals surface area contributed by atoms with E-state index in [1.54, 1.807) is 18.3 Å². The number of halogens is 2. The van der Waals surface area contributed by atoms with Gasteiger partial charge < -0.3 is 15.2 Å². The number of hydrogen-bond donors (Lipinski definition) is 1. The van der Waals surface area contributed by atoms with Crippen molar-refractivity contribution in [3.8, 4) is 22.8 Å². The molecule has 26 heavy (non-hydrogen) atoms. The quantitative estimate of drug-likeness (QED) is 0.725. The first kappa shape index (κ1) is 20.0. The molecule has 0 fully saturated rings. The second-order valence-electron chi connectivity index (χ2n) is 6.48. The normalized spacial score (nSPS) is 13.5. The van der Waals surface area contributed by atoms with E-state index in [0.29, 0.717) is 47.7 Å². The molecule has 0 bridgehead atoms. The molecule has 2 atom stereocenters. The number of ether oxygens (including phenoxy) is 2. The molecule has 142 valence electrons.